The normalized spacial score (nSPS) is 19.7. The fourth-order valence-electron chi connectivity index (χ4n) is 3.23. The van der Waals surface area contributed by atoms with Crippen LogP contribution in [0, 0.1) is 6.92 Å². The van der Waals surface area contributed by atoms with Gasteiger partial charge >= 0.3 is 0 Å². The molecule has 0 spiro atoms. The van der Waals surface area contributed by atoms with Crippen LogP contribution < -0.4 is 0 Å². The maximum absolute atomic E-state index is 2.31. The molecule has 2 aromatic carbocycles. The van der Waals surface area contributed by atoms with Crippen LogP contribution in [0.1, 0.15) is 34.6 Å². The fourth-order valence-corrected chi connectivity index (χ4v) is 3.23. The van der Waals surface area contributed by atoms with Crippen molar-refractivity contribution in [1.82, 2.24) is 0 Å². The standard InChI is InChI=1S/C19H16/c1-13-6-8-14(9-7-13)15-10-11-18-16-4-2-3-5-17(16)19(18)12-15/h2-11,19H,12H2,1H3. The molecule has 0 radical (unpaired) electrons. The molecule has 0 bridgehead atoms. The third-order valence-corrected chi connectivity index (χ3v) is 4.33. The van der Waals surface area contributed by atoms with E-state index in [1.165, 1.54) is 33.4 Å². The lowest BCUT2D eigenvalue weighted by molar-refractivity contribution is 0.832. The highest BCUT2D eigenvalue weighted by Gasteiger charge is 2.33. The summed E-state index contributed by atoms with van der Waals surface area (Å²) in [5, 5.41) is 0. The highest BCUT2D eigenvalue weighted by molar-refractivity contribution is 5.90. The van der Waals surface area contributed by atoms with Gasteiger partial charge in [-0.1, -0.05) is 66.2 Å². The van der Waals surface area contributed by atoms with E-state index in [1.807, 2.05) is 0 Å². The zero-order chi connectivity index (χ0) is 12.8. The zero-order valence-electron chi connectivity index (χ0n) is 11.1. The molecule has 0 heterocycles. The van der Waals surface area contributed by atoms with Gasteiger partial charge in [0.2, 0.25) is 0 Å². The Morgan fingerprint density at radius 3 is 2.53 bits per heavy atom. The molecule has 2 aliphatic rings. The maximum atomic E-state index is 2.31. The Morgan fingerprint density at radius 2 is 1.68 bits per heavy atom. The fraction of sp³-hybridized carbons (Fsp3) is 0.158. The molecular formula is C19H16. The van der Waals surface area contributed by atoms with Crippen molar-refractivity contribution in [2.45, 2.75) is 19.3 Å². The van der Waals surface area contributed by atoms with Gasteiger partial charge in [0.1, 0.15) is 0 Å². The molecule has 0 nitrogen and oxygen atoms in total. The second kappa shape index (κ2) is 3.96. The lowest BCUT2D eigenvalue weighted by Gasteiger charge is -2.36. The maximum Gasteiger partial charge on any atom is 0.0142 e. The third-order valence-electron chi connectivity index (χ3n) is 4.33. The Balaban J connectivity index is 1.72. The largest absolute Gasteiger partial charge is 0.0619 e. The van der Waals surface area contributed by atoms with Crippen molar-refractivity contribution in [2.75, 3.05) is 0 Å². The second-order valence-electron chi connectivity index (χ2n) is 5.52. The minimum atomic E-state index is 0.623. The molecule has 0 fully saturated rings. The van der Waals surface area contributed by atoms with E-state index >= 15 is 0 Å². The van der Waals surface area contributed by atoms with Crippen molar-refractivity contribution in [3.63, 3.8) is 0 Å². The molecule has 19 heavy (non-hydrogen) atoms. The Labute approximate surface area is 114 Å². The van der Waals surface area contributed by atoms with Crippen molar-refractivity contribution in [3.8, 4) is 0 Å². The molecule has 1 unspecified atom stereocenters. The van der Waals surface area contributed by atoms with Gasteiger partial charge in [0, 0.05) is 5.92 Å². The van der Waals surface area contributed by atoms with E-state index in [0.29, 0.717) is 5.92 Å². The number of allylic oxidation sites excluding steroid dienone is 4. The Morgan fingerprint density at radius 1 is 0.895 bits per heavy atom. The van der Waals surface area contributed by atoms with E-state index in [9.17, 15) is 0 Å². The van der Waals surface area contributed by atoms with Gasteiger partial charge in [-0.05, 0) is 41.2 Å². The number of aryl methyl sites for hydroxylation is 1. The molecule has 92 valence electrons. The summed E-state index contributed by atoms with van der Waals surface area (Å²) >= 11 is 0. The van der Waals surface area contributed by atoms with Crippen LogP contribution in [0.15, 0.2) is 60.7 Å². The van der Waals surface area contributed by atoms with Crippen LogP contribution in [0.5, 0.6) is 0 Å². The van der Waals surface area contributed by atoms with E-state index < -0.39 is 0 Å². The Kier molecular flexibility index (Phi) is 2.25. The summed E-state index contributed by atoms with van der Waals surface area (Å²) in [5.41, 5.74) is 8.64. The van der Waals surface area contributed by atoms with E-state index in [2.05, 4.69) is 67.6 Å². The smallest absolute Gasteiger partial charge is 0.0142 e. The number of benzene rings is 2. The summed E-state index contributed by atoms with van der Waals surface area (Å²) in [5.74, 6) is 0.623. The number of rotatable bonds is 1. The summed E-state index contributed by atoms with van der Waals surface area (Å²) in [4.78, 5) is 0. The molecule has 0 N–H and O–H groups in total. The molecule has 2 aromatic rings. The van der Waals surface area contributed by atoms with E-state index in [4.69, 9.17) is 0 Å². The summed E-state index contributed by atoms with van der Waals surface area (Å²) < 4.78 is 0. The van der Waals surface area contributed by atoms with Gasteiger partial charge < -0.3 is 0 Å². The van der Waals surface area contributed by atoms with Gasteiger partial charge in [0.25, 0.3) is 0 Å². The average Bonchev–Trinajstić information content (AvgIpc) is 2.45. The second-order valence-corrected chi connectivity index (χ2v) is 5.52. The van der Waals surface area contributed by atoms with E-state index in [-0.39, 0.29) is 0 Å². The lowest BCUT2D eigenvalue weighted by atomic mass is 9.67. The molecule has 0 heteroatoms. The van der Waals surface area contributed by atoms with Crippen LogP contribution in [-0.2, 0) is 0 Å². The van der Waals surface area contributed by atoms with Gasteiger partial charge in [0.15, 0.2) is 0 Å². The van der Waals surface area contributed by atoms with Crippen LogP contribution in [-0.4, -0.2) is 0 Å². The molecule has 0 amide bonds. The van der Waals surface area contributed by atoms with Gasteiger partial charge in [-0.3, -0.25) is 0 Å². The predicted octanol–water partition coefficient (Wildman–Crippen LogP) is 4.96. The van der Waals surface area contributed by atoms with E-state index in [0.717, 1.165) is 6.42 Å². The van der Waals surface area contributed by atoms with Crippen LogP contribution in [0.3, 0.4) is 0 Å². The lowest BCUT2D eigenvalue weighted by Crippen LogP contribution is -2.18. The summed E-state index contributed by atoms with van der Waals surface area (Å²) in [6, 6.07) is 17.7. The monoisotopic (exact) mass is 244 g/mol. The highest BCUT2D eigenvalue weighted by atomic mass is 14.4. The van der Waals surface area contributed by atoms with Crippen LogP contribution in [0.25, 0.3) is 11.1 Å². The molecule has 0 saturated carbocycles. The van der Waals surface area contributed by atoms with Crippen molar-refractivity contribution >= 4 is 11.1 Å². The molecule has 0 aliphatic heterocycles. The summed E-state index contributed by atoms with van der Waals surface area (Å²) in [6.45, 7) is 2.14. The van der Waals surface area contributed by atoms with Gasteiger partial charge in [-0.25, -0.2) is 0 Å². The quantitative estimate of drug-likeness (QED) is 0.665. The first-order chi connectivity index (χ1) is 9.33. The zero-order valence-corrected chi connectivity index (χ0v) is 11.1. The number of hydrogen-bond acceptors (Lipinski definition) is 0. The Hall–Kier alpha value is -2.08. The average molecular weight is 244 g/mol. The summed E-state index contributed by atoms with van der Waals surface area (Å²) in [7, 11) is 0. The van der Waals surface area contributed by atoms with Crippen LogP contribution in [0.2, 0.25) is 0 Å². The van der Waals surface area contributed by atoms with Crippen LogP contribution in [0.4, 0.5) is 0 Å². The first kappa shape index (κ1) is 10.8. The SMILES string of the molecule is Cc1ccc(C2=CC=C3c4ccccc4C3C2)cc1. The first-order valence-electron chi connectivity index (χ1n) is 6.90. The third kappa shape index (κ3) is 1.60. The van der Waals surface area contributed by atoms with Gasteiger partial charge in [0.05, 0.1) is 0 Å². The topological polar surface area (TPSA) is 0 Å². The molecule has 0 aromatic heterocycles. The molecule has 2 aliphatic carbocycles. The highest BCUT2D eigenvalue weighted by Crippen LogP contribution is 2.52. The Bertz CT molecular complexity index is 699. The minimum absolute atomic E-state index is 0.623. The van der Waals surface area contributed by atoms with Gasteiger partial charge in [-0.15, -0.1) is 0 Å². The van der Waals surface area contributed by atoms with Crippen LogP contribution >= 0.6 is 0 Å². The molecule has 4 rings (SSSR count). The molecule has 1 atom stereocenters. The van der Waals surface area contributed by atoms with Crippen molar-refractivity contribution in [2.24, 2.45) is 0 Å². The van der Waals surface area contributed by atoms with E-state index in [1.54, 1.807) is 0 Å². The minimum Gasteiger partial charge on any atom is -0.0619 e. The summed E-state index contributed by atoms with van der Waals surface area (Å²) in [6.07, 6.45) is 5.75. The predicted molar refractivity (Wildman–Crippen MR) is 80.9 cm³/mol. The number of hydrogen-bond donors (Lipinski definition) is 0. The van der Waals surface area contributed by atoms with Crippen molar-refractivity contribution in [3.05, 3.63) is 82.9 Å². The number of fused-ring (bicyclic) bond motifs is 4. The molecule has 0 saturated heterocycles. The first-order valence-corrected chi connectivity index (χ1v) is 6.90. The molecular weight excluding hydrogens is 228 g/mol. The van der Waals surface area contributed by atoms with Crippen molar-refractivity contribution < 1.29 is 0 Å². The van der Waals surface area contributed by atoms with Crippen molar-refractivity contribution in [1.29, 1.82) is 0 Å². The van der Waals surface area contributed by atoms with Gasteiger partial charge in [-0.2, -0.15) is 0 Å².